The molecule has 0 radical (unpaired) electrons. The number of thiol groups is 1. The highest BCUT2D eigenvalue weighted by Crippen LogP contribution is 2.30. The average Bonchev–Trinajstić information content (AvgIpc) is 2.29. The van der Waals surface area contributed by atoms with Crippen LogP contribution in [0.1, 0.15) is 11.1 Å². The van der Waals surface area contributed by atoms with Crippen LogP contribution in [0.2, 0.25) is 15.1 Å². The Hall–Kier alpha value is -0.340. The van der Waals surface area contributed by atoms with E-state index < -0.39 is 0 Å². The molecule has 0 spiro atoms. The first-order valence-electron chi connectivity index (χ1n) is 4.97. The zero-order valence-electron chi connectivity index (χ0n) is 8.75. The lowest BCUT2D eigenvalue weighted by atomic mass is 10.1. The van der Waals surface area contributed by atoms with Crippen molar-refractivity contribution >= 4 is 47.4 Å². The molecule has 2 aromatic rings. The highest BCUT2D eigenvalue weighted by molar-refractivity contribution is 7.80. The second-order valence-corrected chi connectivity index (χ2v) is 5.44. The molecule has 2 aromatic carbocycles. The maximum absolute atomic E-state index is 6.12. The van der Waals surface area contributed by atoms with Gasteiger partial charge in [0.05, 0.1) is 10.0 Å². The lowest BCUT2D eigenvalue weighted by molar-refractivity contribution is 1.18. The van der Waals surface area contributed by atoms with Crippen LogP contribution >= 0.6 is 47.4 Å². The van der Waals surface area contributed by atoms with Gasteiger partial charge in [-0.3, -0.25) is 0 Å². The lowest BCUT2D eigenvalue weighted by Gasteiger charge is -2.07. The van der Waals surface area contributed by atoms with Crippen molar-refractivity contribution in [3.8, 4) is 0 Å². The maximum Gasteiger partial charge on any atom is 0.0607 e. The third-order valence-corrected chi connectivity index (χ3v) is 3.79. The summed E-state index contributed by atoms with van der Waals surface area (Å²) in [6.07, 6.45) is 0.726. The van der Waals surface area contributed by atoms with E-state index in [1.807, 2.05) is 24.3 Å². The molecule has 0 N–H and O–H groups in total. The molecule has 2 rings (SSSR count). The lowest BCUT2D eigenvalue weighted by Crippen LogP contribution is -1.90. The van der Waals surface area contributed by atoms with Gasteiger partial charge in [-0.15, -0.1) is 12.6 Å². The van der Waals surface area contributed by atoms with E-state index in [2.05, 4.69) is 12.6 Å². The summed E-state index contributed by atoms with van der Waals surface area (Å²) in [4.78, 5) is 0.939. The van der Waals surface area contributed by atoms with Crippen LogP contribution < -0.4 is 0 Å². The Balaban J connectivity index is 2.30. The summed E-state index contributed by atoms with van der Waals surface area (Å²) in [6.45, 7) is 0. The van der Waals surface area contributed by atoms with Gasteiger partial charge in [-0.2, -0.15) is 0 Å². The Bertz CT molecular complexity index is 535. The third kappa shape index (κ3) is 3.32. The minimum absolute atomic E-state index is 0.478. The smallest absolute Gasteiger partial charge is 0.0607 e. The predicted octanol–water partition coefficient (Wildman–Crippen LogP) is 5.53. The van der Waals surface area contributed by atoms with Crippen molar-refractivity contribution in [3.63, 3.8) is 0 Å². The Morgan fingerprint density at radius 1 is 0.824 bits per heavy atom. The Morgan fingerprint density at radius 2 is 1.41 bits per heavy atom. The number of hydrogen-bond donors (Lipinski definition) is 1. The van der Waals surface area contributed by atoms with E-state index in [1.54, 1.807) is 12.1 Å². The monoisotopic (exact) mass is 302 g/mol. The molecule has 0 aliphatic rings. The molecule has 0 fully saturated rings. The summed E-state index contributed by atoms with van der Waals surface area (Å²) in [6, 6.07) is 11.4. The summed E-state index contributed by atoms with van der Waals surface area (Å²) >= 11 is 22.2. The van der Waals surface area contributed by atoms with Crippen molar-refractivity contribution in [1.29, 1.82) is 0 Å². The highest BCUT2D eigenvalue weighted by atomic mass is 35.5. The predicted molar refractivity (Wildman–Crippen MR) is 78.0 cm³/mol. The third-order valence-electron chi connectivity index (χ3n) is 2.42. The van der Waals surface area contributed by atoms with Crippen LogP contribution in [0.15, 0.2) is 41.3 Å². The second kappa shape index (κ2) is 5.53. The Morgan fingerprint density at radius 3 is 2.06 bits per heavy atom. The van der Waals surface area contributed by atoms with E-state index in [9.17, 15) is 0 Å². The molecule has 4 heteroatoms. The minimum atomic E-state index is 0.478. The fourth-order valence-electron chi connectivity index (χ4n) is 1.53. The minimum Gasteiger partial charge on any atom is -0.143 e. The molecule has 0 heterocycles. The van der Waals surface area contributed by atoms with E-state index in [0.29, 0.717) is 15.1 Å². The van der Waals surface area contributed by atoms with Gasteiger partial charge in [0, 0.05) is 9.92 Å². The quantitative estimate of drug-likeness (QED) is 0.547. The van der Waals surface area contributed by atoms with Gasteiger partial charge >= 0.3 is 0 Å². The van der Waals surface area contributed by atoms with Gasteiger partial charge < -0.3 is 0 Å². The normalized spacial score (nSPS) is 10.6. The summed E-state index contributed by atoms with van der Waals surface area (Å²) in [5.74, 6) is 0. The molecule has 0 atom stereocenters. The van der Waals surface area contributed by atoms with E-state index in [-0.39, 0.29) is 0 Å². The van der Waals surface area contributed by atoms with Crippen LogP contribution in [-0.2, 0) is 6.42 Å². The van der Waals surface area contributed by atoms with Crippen LogP contribution in [0.4, 0.5) is 0 Å². The molecule has 0 saturated carbocycles. The Labute approximate surface area is 121 Å². The van der Waals surface area contributed by atoms with E-state index in [1.165, 1.54) is 0 Å². The zero-order chi connectivity index (χ0) is 12.4. The molecular formula is C13H9Cl3S. The molecule has 0 aliphatic heterocycles. The van der Waals surface area contributed by atoms with Crippen LogP contribution in [0, 0.1) is 0 Å². The van der Waals surface area contributed by atoms with Crippen LogP contribution in [0.5, 0.6) is 0 Å². The fourth-order valence-corrected chi connectivity index (χ4v) is 2.32. The number of halogens is 3. The van der Waals surface area contributed by atoms with Gasteiger partial charge in [-0.25, -0.2) is 0 Å². The van der Waals surface area contributed by atoms with Crippen LogP contribution in [0.25, 0.3) is 0 Å². The topological polar surface area (TPSA) is 0 Å². The first kappa shape index (κ1) is 13.1. The van der Waals surface area contributed by atoms with Gasteiger partial charge in [-0.05, 0) is 41.8 Å². The molecule has 0 saturated heterocycles. The summed E-state index contributed by atoms with van der Waals surface area (Å²) < 4.78 is 0. The van der Waals surface area contributed by atoms with E-state index in [4.69, 9.17) is 34.8 Å². The summed E-state index contributed by atoms with van der Waals surface area (Å²) in [5.41, 5.74) is 2.12. The molecule has 0 aliphatic carbocycles. The van der Waals surface area contributed by atoms with E-state index in [0.717, 1.165) is 22.4 Å². The fraction of sp³-hybridized carbons (Fsp3) is 0.0769. The van der Waals surface area contributed by atoms with Crippen molar-refractivity contribution in [1.82, 2.24) is 0 Å². The molecule has 0 amide bonds. The average molecular weight is 304 g/mol. The van der Waals surface area contributed by atoms with Gasteiger partial charge in [0.15, 0.2) is 0 Å². The summed E-state index contributed by atoms with van der Waals surface area (Å²) in [5, 5.41) is 1.64. The van der Waals surface area contributed by atoms with Crippen molar-refractivity contribution in [3.05, 3.63) is 62.6 Å². The molecule has 0 nitrogen and oxygen atoms in total. The molecule has 88 valence electrons. The van der Waals surface area contributed by atoms with Gasteiger partial charge in [0.1, 0.15) is 0 Å². The summed E-state index contributed by atoms with van der Waals surface area (Å²) in [7, 11) is 0. The van der Waals surface area contributed by atoms with Crippen LogP contribution in [0.3, 0.4) is 0 Å². The standard InChI is InChI=1S/C13H9Cl3S/c14-11-7-13(16)12(15)6-9(11)5-8-1-3-10(17)4-2-8/h1-4,6-7,17H,5H2. The van der Waals surface area contributed by atoms with Crippen LogP contribution in [-0.4, -0.2) is 0 Å². The van der Waals surface area contributed by atoms with Gasteiger partial charge in [0.25, 0.3) is 0 Å². The van der Waals surface area contributed by atoms with E-state index >= 15 is 0 Å². The molecule has 0 aromatic heterocycles. The van der Waals surface area contributed by atoms with Gasteiger partial charge in [-0.1, -0.05) is 46.9 Å². The van der Waals surface area contributed by atoms with Crippen molar-refractivity contribution in [2.75, 3.05) is 0 Å². The Kier molecular flexibility index (Phi) is 4.26. The van der Waals surface area contributed by atoms with Crippen molar-refractivity contribution in [2.24, 2.45) is 0 Å². The van der Waals surface area contributed by atoms with Crippen molar-refractivity contribution in [2.45, 2.75) is 11.3 Å². The highest BCUT2D eigenvalue weighted by Gasteiger charge is 2.06. The van der Waals surface area contributed by atoms with Gasteiger partial charge in [0.2, 0.25) is 0 Å². The van der Waals surface area contributed by atoms with Crippen molar-refractivity contribution < 1.29 is 0 Å². The number of hydrogen-bond acceptors (Lipinski definition) is 1. The second-order valence-electron chi connectivity index (χ2n) is 3.70. The molecule has 17 heavy (non-hydrogen) atoms. The molecular weight excluding hydrogens is 295 g/mol. The zero-order valence-corrected chi connectivity index (χ0v) is 11.9. The largest absolute Gasteiger partial charge is 0.143 e. The first-order valence-corrected chi connectivity index (χ1v) is 6.55. The number of rotatable bonds is 2. The molecule has 0 unspecified atom stereocenters. The SMILES string of the molecule is Sc1ccc(Cc2cc(Cl)c(Cl)cc2Cl)cc1. The number of benzene rings is 2. The first-order chi connectivity index (χ1) is 8.06. The maximum atomic E-state index is 6.12. The molecule has 0 bridgehead atoms.